The van der Waals surface area contributed by atoms with Crippen molar-refractivity contribution in [1.82, 2.24) is 14.9 Å². The lowest BCUT2D eigenvalue weighted by Gasteiger charge is -2.32. The molecule has 0 aromatic carbocycles. The van der Waals surface area contributed by atoms with Gasteiger partial charge in [0.25, 0.3) is 0 Å². The second-order valence-electron chi connectivity index (χ2n) is 5.23. The molecule has 0 saturated carbocycles. The van der Waals surface area contributed by atoms with Crippen molar-refractivity contribution >= 4 is 17.5 Å². The molecule has 21 heavy (non-hydrogen) atoms. The molecule has 1 atom stereocenters. The molecule has 8 heteroatoms. The van der Waals surface area contributed by atoms with Gasteiger partial charge < -0.3 is 15.5 Å². The van der Waals surface area contributed by atoms with Crippen molar-refractivity contribution in [2.75, 3.05) is 37.3 Å². The molecule has 1 aliphatic heterocycles. The highest BCUT2D eigenvalue weighted by Crippen LogP contribution is 2.23. The van der Waals surface area contributed by atoms with Crippen LogP contribution in [-0.2, 0) is 0 Å². The summed E-state index contributed by atoms with van der Waals surface area (Å²) >= 11 is 0. The van der Waals surface area contributed by atoms with Crippen molar-refractivity contribution in [2.24, 2.45) is 0 Å². The first-order valence-electron chi connectivity index (χ1n) is 7.31. The quantitative estimate of drug-likeness (QED) is 0.609. The van der Waals surface area contributed by atoms with Gasteiger partial charge in [-0.3, -0.25) is 10.1 Å². The highest BCUT2D eigenvalue weighted by molar-refractivity contribution is 5.57. The van der Waals surface area contributed by atoms with Gasteiger partial charge in [-0.1, -0.05) is 6.42 Å². The monoisotopic (exact) mass is 294 g/mol. The van der Waals surface area contributed by atoms with E-state index in [1.54, 1.807) is 0 Å². The van der Waals surface area contributed by atoms with Gasteiger partial charge in [0.15, 0.2) is 0 Å². The molecule has 2 N–H and O–H groups in total. The fourth-order valence-corrected chi connectivity index (χ4v) is 2.50. The third kappa shape index (κ3) is 4.01. The Morgan fingerprint density at radius 2 is 2.29 bits per heavy atom. The summed E-state index contributed by atoms with van der Waals surface area (Å²) in [7, 11) is 2.09. The van der Waals surface area contributed by atoms with Gasteiger partial charge in [-0.05, 0) is 33.4 Å². The van der Waals surface area contributed by atoms with E-state index in [-0.39, 0.29) is 11.5 Å². The molecule has 2 heterocycles. The van der Waals surface area contributed by atoms with Crippen molar-refractivity contribution in [3.8, 4) is 0 Å². The molecule has 1 aromatic rings. The summed E-state index contributed by atoms with van der Waals surface area (Å²) in [5.41, 5.74) is -0.0879. The molecule has 8 nitrogen and oxygen atoms in total. The average molecular weight is 294 g/mol. The van der Waals surface area contributed by atoms with Crippen LogP contribution in [0.25, 0.3) is 0 Å². The van der Waals surface area contributed by atoms with Crippen molar-refractivity contribution in [3.63, 3.8) is 0 Å². The van der Waals surface area contributed by atoms with Crippen LogP contribution < -0.4 is 10.6 Å². The summed E-state index contributed by atoms with van der Waals surface area (Å²) < 4.78 is 0. The minimum absolute atomic E-state index is 0.0879. The minimum atomic E-state index is -0.456. The maximum atomic E-state index is 11.1. The largest absolute Gasteiger partial charge is 0.363 e. The van der Waals surface area contributed by atoms with Gasteiger partial charge in [0.05, 0.1) is 4.92 Å². The maximum Gasteiger partial charge on any atom is 0.329 e. The van der Waals surface area contributed by atoms with Crippen LogP contribution >= 0.6 is 0 Å². The lowest BCUT2D eigenvalue weighted by atomic mass is 10.0. The van der Waals surface area contributed by atoms with Crippen LogP contribution in [0.1, 0.15) is 26.2 Å². The van der Waals surface area contributed by atoms with Gasteiger partial charge in [0, 0.05) is 19.1 Å². The Labute approximate surface area is 124 Å². The molecule has 1 fully saturated rings. The fourth-order valence-electron chi connectivity index (χ4n) is 2.50. The van der Waals surface area contributed by atoms with E-state index < -0.39 is 4.92 Å². The number of hydrogen-bond acceptors (Lipinski definition) is 7. The fraction of sp³-hybridized carbons (Fsp3) is 0.692. The highest BCUT2D eigenvalue weighted by Gasteiger charge is 2.22. The molecule has 0 radical (unpaired) electrons. The Morgan fingerprint density at radius 1 is 1.48 bits per heavy atom. The number of likely N-dealkylation sites (N-methyl/N-ethyl adjacent to an activating group) is 1. The first kappa shape index (κ1) is 15.4. The Morgan fingerprint density at radius 3 is 2.95 bits per heavy atom. The number of anilines is 2. The first-order chi connectivity index (χ1) is 10.1. The number of piperidine rings is 1. The van der Waals surface area contributed by atoms with Crippen molar-refractivity contribution in [1.29, 1.82) is 0 Å². The summed E-state index contributed by atoms with van der Waals surface area (Å²) in [4.78, 5) is 21.0. The zero-order valence-corrected chi connectivity index (χ0v) is 12.5. The maximum absolute atomic E-state index is 11.1. The zero-order chi connectivity index (χ0) is 15.2. The molecule has 1 aliphatic rings. The topological polar surface area (TPSA) is 96.2 Å². The number of nitro groups is 1. The van der Waals surface area contributed by atoms with Gasteiger partial charge in [0.1, 0.15) is 6.20 Å². The molecule has 0 amide bonds. The number of aromatic nitrogens is 2. The average Bonchev–Trinajstić information content (AvgIpc) is 2.46. The number of rotatable bonds is 6. The standard InChI is InChI=1S/C13H22N6O2/c1-3-14-13-16-9-11(19(20)21)12(17-13)15-8-10-6-4-5-7-18(10)2/h9-10H,3-8H2,1-2H3,(H2,14,15,16,17). The molecule has 2 rings (SSSR count). The van der Waals surface area contributed by atoms with E-state index in [2.05, 4.69) is 32.5 Å². The third-order valence-corrected chi connectivity index (χ3v) is 3.73. The van der Waals surface area contributed by atoms with Crippen molar-refractivity contribution in [3.05, 3.63) is 16.3 Å². The number of likely N-dealkylation sites (tertiary alicyclic amines) is 1. The van der Waals surface area contributed by atoms with E-state index in [0.29, 0.717) is 25.1 Å². The molecular weight excluding hydrogens is 272 g/mol. The highest BCUT2D eigenvalue weighted by atomic mass is 16.6. The van der Waals surface area contributed by atoms with E-state index in [1.165, 1.54) is 19.0 Å². The van der Waals surface area contributed by atoms with Crippen LogP contribution in [0.15, 0.2) is 6.20 Å². The van der Waals surface area contributed by atoms with Crippen LogP contribution in [0.2, 0.25) is 0 Å². The molecule has 1 unspecified atom stereocenters. The zero-order valence-electron chi connectivity index (χ0n) is 12.5. The molecule has 116 valence electrons. The molecule has 0 aliphatic carbocycles. The Bertz CT molecular complexity index is 496. The predicted octanol–water partition coefficient (Wildman–Crippen LogP) is 1.71. The van der Waals surface area contributed by atoms with Gasteiger partial charge in [-0.25, -0.2) is 4.98 Å². The summed E-state index contributed by atoms with van der Waals surface area (Å²) in [5.74, 6) is 0.688. The van der Waals surface area contributed by atoms with E-state index >= 15 is 0 Å². The molecule has 0 bridgehead atoms. The van der Waals surface area contributed by atoms with Gasteiger partial charge in [-0.15, -0.1) is 0 Å². The van der Waals surface area contributed by atoms with Gasteiger partial charge >= 0.3 is 5.69 Å². The van der Waals surface area contributed by atoms with Crippen LogP contribution in [-0.4, -0.2) is 52.5 Å². The Hall–Kier alpha value is -1.96. The third-order valence-electron chi connectivity index (χ3n) is 3.73. The summed E-state index contributed by atoms with van der Waals surface area (Å²) in [6, 6.07) is 0.385. The lowest BCUT2D eigenvalue weighted by molar-refractivity contribution is -0.384. The normalized spacial score (nSPS) is 19.2. The second kappa shape index (κ2) is 7.16. The van der Waals surface area contributed by atoms with E-state index in [0.717, 1.165) is 13.0 Å². The predicted molar refractivity (Wildman–Crippen MR) is 81.6 cm³/mol. The van der Waals surface area contributed by atoms with Crippen LogP contribution in [0, 0.1) is 10.1 Å². The number of nitrogens with zero attached hydrogens (tertiary/aromatic N) is 4. The van der Waals surface area contributed by atoms with E-state index in [4.69, 9.17) is 0 Å². The van der Waals surface area contributed by atoms with E-state index in [1.807, 2.05) is 6.92 Å². The summed E-state index contributed by atoms with van der Waals surface area (Å²) in [6.45, 7) is 4.32. The molecular formula is C13H22N6O2. The van der Waals surface area contributed by atoms with Crippen molar-refractivity contribution < 1.29 is 4.92 Å². The van der Waals surface area contributed by atoms with E-state index in [9.17, 15) is 10.1 Å². The lowest BCUT2D eigenvalue weighted by Crippen LogP contribution is -2.40. The Kier molecular flexibility index (Phi) is 5.26. The minimum Gasteiger partial charge on any atom is -0.363 e. The first-order valence-corrected chi connectivity index (χ1v) is 7.31. The van der Waals surface area contributed by atoms with Crippen LogP contribution in [0.3, 0.4) is 0 Å². The second-order valence-corrected chi connectivity index (χ2v) is 5.23. The molecule has 1 aromatic heterocycles. The van der Waals surface area contributed by atoms with Crippen LogP contribution in [0.4, 0.5) is 17.5 Å². The molecule has 0 spiro atoms. The van der Waals surface area contributed by atoms with Crippen molar-refractivity contribution in [2.45, 2.75) is 32.2 Å². The summed E-state index contributed by atoms with van der Waals surface area (Å²) in [5, 5.41) is 17.1. The van der Waals surface area contributed by atoms with Gasteiger partial charge in [-0.2, -0.15) is 4.98 Å². The Balaban J connectivity index is 2.09. The molecule has 1 saturated heterocycles. The number of hydrogen-bond donors (Lipinski definition) is 2. The van der Waals surface area contributed by atoms with Gasteiger partial charge in [0.2, 0.25) is 11.8 Å². The summed E-state index contributed by atoms with van der Waals surface area (Å²) in [6.07, 6.45) is 4.76. The number of nitrogens with one attached hydrogen (secondary N) is 2. The SMILES string of the molecule is CCNc1ncc([N+](=O)[O-])c(NCC2CCCCN2C)n1. The van der Waals surface area contributed by atoms with Crippen LogP contribution in [0.5, 0.6) is 0 Å². The smallest absolute Gasteiger partial charge is 0.329 e.